The molecule has 23 heavy (non-hydrogen) atoms. The number of carbonyl (C=O) groups is 1. The minimum absolute atomic E-state index is 0.00946. The molecule has 2 amide bonds. The van der Waals surface area contributed by atoms with E-state index in [0.717, 1.165) is 31.4 Å². The minimum Gasteiger partial charge on any atom is -0.337 e. The molecule has 1 atom stereocenters. The number of benzene rings is 1. The summed E-state index contributed by atoms with van der Waals surface area (Å²) in [5, 5.41) is 4.09. The van der Waals surface area contributed by atoms with E-state index in [0.29, 0.717) is 11.7 Å². The van der Waals surface area contributed by atoms with Crippen molar-refractivity contribution >= 4 is 6.03 Å². The number of hydrogen-bond donors (Lipinski definition) is 0. The van der Waals surface area contributed by atoms with Gasteiger partial charge in [-0.2, -0.15) is 4.98 Å². The average molecular weight is 314 g/mol. The molecule has 1 aliphatic heterocycles. The zero-order valence-corrected chi connectivity index (χ0v) is 13.8. The SMILES string of the molecule is Cc1ccc(-c2noc(C3CCCCN3C(=O)N(C)C)n2)cc1. The van der Waals surface area contributed by atoms with Crippen molar-refractivity contribution in [2.45, 2.75) is 32.2 Å². The van der Waals surface area contributed by atoms with Crippen LogP contribution in [0.2, 0.25) is 0 Å². The Morgan fingerprint density at radius 2 is 2.00 bits per heavy atom. The fourth-order valence-corrected chi connectivity index (χ4v) is 2.86. The number of piperidine rings is 1. The second-order valence-corrected chi connectivity index (χ2v) is 6.20. The summed E-state index contributed by atoms with van der Waals surface area (Å²) in [6.07, 6.45) is 2.92. The Labute approximate surface area is 136 Å². The van der Waals surface area contributed by atoms with Crippen LogP contribution < -0.4 is 0 Å². The van der Waals surface area contributed by atoms with Gasteiger partial charge in [-0.15, -0.1) is 0 Å². The Balaban J connectivity index is 1.85. The van der Waals surface area contributed by atoms with Gasteiger partial charge in [-0.3, -0.25) is 0 Å². The Morgan fingerprint density at radius 1 is 1.26 bits per heavy atom. The fraction of sp³-hybridized carbons (Fsp3) is 0.471. The molecule has 122 valence electrons. The highest BCUT2D eigenvalue weighted by Crippen LogP contribution is 2.31. The molecule has 1 aromatic heterocycles. The summed E-state index contributed by atoms with van der Waals surface area (Å²) in [6, 6.07) is 7.86. The van der Waals surface area contributed by atoms with E-state index < -0.39 is 0 Å². The van der Waals surface area contributed by atoms with Crippen molar-refractivity contribution in [3.8, 4) is 11.4 Å². The molecule has 2 aromatic rings. The Kier molecular flexibility index (Phi) is 4.32. The second-order valence-electron chi connectivity index (χ2n) is 6.20. The highest BCUT2D eigenvalue weighted by atomic mass is 16.5. The van der Waals surface area contributed by atoms with Crippen LogP contribution in [0.15, 0.2) is 28.8 Å². The molecule has 0 spiro atoms. The molecule has 6 heteroatoms. The smallest absolute Gasteiger partial charge is 0.320 e. The lowest BCUT2D eigenvalue weighted by Crippen LogP contribution is -2.44. The summed E-state index contributed by atoms with van der Waals surface area (Å²) in [7, 11) is 3.53. The third-order valence-electron chi connectivity index (χ3n) is 4.17. The van der Waals surface area contributed by atoms with Crippen LogP contribution in [-0.2, 0) is 0 Å². The second kappa shape index (κ2) is 6.40. The predicted octanol–water partition coefficient (Wildman–Crippen LogP) is 3.25. The van der Waals surface area contributed by atoms with Gasteiger partial charge in [0.1, 0.15) is 6.04 Å². The highest BCUT2D eigenvalue weighted by molar-refractivity contribution is 5.74. The van der Waals surface area contributed by atoms with Crippen molar-refractivity contribution in [1.29, 1.82) is 0 Å². The van der Waals surface area contributed by atoms with Crippen molar-refractivity contribution in [2.24, 2.45) is 0 Å². The van der Waals surface area contributed by atoms with Gasteiger partial charge in [-0.1, -0.05) is 35.0 Å². The van der Waals surface area contributed by atoms with Crippen molar-refractivity contribution in [2.75, 3.05) is 20.6 Å². The number of amides is 2. The van der Waals surface area contributed by atoms with Gasteiger partial charge in [0.2, 0.25) is 11.7 Å². The van der Waals surface area contributed by atoms with Gasteiger partial charge in [-0.25, -0.2) is 4.79 Å². The van der Waals surface area contributed by atoms with Crippen molar-refractivity contribution in [3.63, 3.8) is 0 Å². The molecule has 1 saturated heterocycles. The summed E-state index contributed by atoms with van der Waals surface area (Å²) < 4.78 is 5.48. The Morgan fingerprint density at radius 3 is 2.70 bits per heavy atom. The Hall–Kier alpha value is -2.37. The first-order chi connectivity index (χ1) is 11.1. The van der Waals surface area contributed by atoms with Gasteiger partial charge in [0.25, 0.3) is 0 Å². The summed E-state index contributed by atoms with van der Waals surface area (Å²) >= 11 is 0. The van der Waals surface area contributed by atoms with Crippen molar-refractivity contribution < 1.29 is 9.32 Å². The molecule has 0 aliphatic carbocycles. The maximum atomic E-state index is 12.4. The zero-order valence-electron chi connectivity index (χ0n) is 13.8. The van der Waals surface area contributed by atoms with Crippen LogP contribution >= 0.6 is 0 Å². The number of rotatable bonds is 2. The van der Waals surface area contributed by atoms with E-state index in [-0.39, 0.29) is 12.1 Å². The van der Waals surface area contributed by atoms with Gasteiger partial charge in [-0.05, 0) is 26.2 Å². The number of aromatic nitrogens is 2. The van der Waals surface area contributed by atoms with E-state index >= 15 is 0 Å². The van der Waals surface area contributed by atoms with Crippen LogP contribution in [0.5, 0.6) is 0 Å². The quantitative estimate of drug-likeness (QED) is 0.853. The van der Waals surface area contributed by atoms with Gasteiger partial charge in [0.15, 0.2) is 0 Å². The molecule has 0 bridgehead atoms. The largest absolute Gasteiger partial charge is 0.337 e. The number of aryl methyl sites for hydroxylation is 1. The number of likely N-dealkylation sites (tertiary alicyclic amines) is 1. The molecule has 1 unspecified atom stereocenters. The van der Waals surface area contributed by atoms with Gasteiger partial charge in [0.05, 0.1) is 0 Å². The van der Waals surface area contributed by atoms with E-state index in [1.165, 1.54) is 5.56 Å². The minimum atomic E-state index is -0.134. The number of nitrogens with zero attached hydrogens (tertiary/aromatic N) is 4. The molecule has 3 rings (SSSR count). The predicted molar refractivity (Wildman–Crippen MR) is 86.9 cm³/mol. The molecule has 1 fully saturated rings. The molecule has 1 aliphatic rings. The Bertz CT molecular complexity index is 678. The first-order valence-electron chi connectivity index (χ1n) is 7.95. The van der Waals surface area contributed by atoms with Crippen LogP contribution in [0.25, 0.3) is 11.4 Å². The summed E-state index contributed by atoms with van der Waals surface area (Å²) in [6.45, 7) is 2.77. The number of urea groups is 1. The lowest BCUT2D eigenvalue weighted by molar-refractivity contribution is 0.113. The molecule has 2 heterocycles. The lowest BCUT2D eigenvalue weighted by atomic mass is 10.0. The standard InChI is InChI=1S/C17H22N4O2/c1-12-7-9-13(10-8-12)15-18-16(23-19-15)14-6-4-5-11-21(14)17(22)20(2)3/h7-10,14H,4-6,11H2,1-3H3. The highest BCUT2D eigenvalue weighted by Gasteiger charge is 2.33. The number of carbonyl (C=O) groups excluding carboxylic acids is 1. The molecule has 0 saturated carbocycles. The average Bonchev–Trinajstić information content (AvgIpc) is 3.04. The molecular weight excluding hydrogens is 292 g/mol. The molecule has 1 aromatic carbocycles. The van der Waals surface area contributed by atoms with Crippen LogP contribution in [0, 0.1) is 6.92 Å². The van der Waals surface area contributed by atoms with E-state index in [2.05, 4.69) is 10.1 Å². The molecular formula is C17H22N4O2. The first kappa shape index (κ1) is 15.5. The van der Waals surface area contributed by atoms with Crippen LogP contribution in [0.1, 0.15) is 36.8 Å². The van der Waals surface area contributed by atoms with E-state index in [1.54, 1.807) is 19.0 Å². The van der Waals surface area contributed by atoms with Crippen LogP contribution in [-0.4, -0.2) is 46.6 Å². The van der Waals surface area contributed by atoms with Gasteiger partial charge >= 0.3 is 6.03 Å². The third-order valence-corrected chi connectivity index (χ3v) is 4.17. The topological polar surface area (TPSA) is 62.5 Å². The molecule has 6 nitrogen and oxygen atoms in total. The van der Waals surface area contributed by atoms with Crippen molar-refractivity contribution in [1.82, 2.24) is 19.9 Å². The van der Waals surface area contributed by atoms with E-state index in [4.69, 9.17) is 4.52 Å². The monoisotopic (exact) mass is 314 g/mol. The molecule has 0 N–H and O–H groups in total. The number of hydrogen-bond acceptors (Lipinski definition) is 4. The maximum Gasteiger partial charge on any atom is 0.320 e. The van der Waals surface area contributed by atoms with Gasteiger partial charge < -0.3 is 14.3 Å². The summed E-state index contributed by atoms with van der Waals surface area (Å²) in [4.78, 5) is 20.3. The summed E-state index contributed by atoms with van der Waals surface area (Å²) in [5.41, 5.74) is 2.11. The third kappa shape index (κ3) is 3.21. The van der Waals surface area contributed by atoms with Crippen LogP contribution in [0.3, 0.4) is 0 Å². The first-order valence-corrected chi connectivity index (χ1v) is 7.95. The zero-order chi connectivity index (χ0) is 16.4. The van der Waals surface area contributed by atoms with Gasteiger partial charge in [0, 0.05) is 26.2 Å². The molecule has 0 radical (unpaired) electrons. The normalized spacial score (nSPS) is 18.0. The van der Waals surface area contributed by atoms with Crippen LogP contribution in [0.4, 0.5) is 4.79 Å². The lowest BCUT2D eigenvalue weighted by Gasteiger charge is -2.35. The van der Waals surface area contributed by atoms with Crippen molar-refractivity contribution in [3.05, 3.63) is 35.7 Å². The van der Waals surface area contributed by atoms with E-state index in [9.17, 15) is 4.79 Å². The van der Waals surface area contributed by atoms with E-state index in [1.807, 2.05) is 36.1 Å². The summed E-state index contributed by atoms with van der Waals surface area (Å²) in [5.74, 6) is 1.10. The maximum absolute atomic E-state index is 12.4. The fourth-order valence-electron chi connectivity index (χ4n) is 2.86.